The van der Waals surface area contributed by atoms with Crippen molar-refractivity contribution in [2.24, 2.45) is 0 Å². The van der Waals surface area contributed by atoms with Crippen LogP contribution in [0.25, 0.3) is 128 Å². The van der Waals surface area contributed by atoms with Crippen LogP contribution in [0.2, 0.25) is 0 Å². The minimum Gasteiger partial charge on any atom is -0.456 e. The van der Waals surface area contributed by atoms with E-state index < -0.39 is 0 Å². The van der Waals surface area contributed by atoms with Crippen LogP contribution in [-0.4, -0.2) is 19.5 Å². The van der Waals surface area contributed by atoms with E-state index in [1.165, 1.54) is 16.3 Å². The molecule has 0 bridgehead atoms. The van der Waals surface area contributed by atoms with Gasteiger partial charge in [-0.15, -0.1) is 0 Å². The zero-order chi connectivity index (χ0) is 41.4. The zero-order valence-electron chi connectivity index (χ0n) is 33.7. The predicted molar refractivity (Wildman–Crippen MR) is 256 cm³/mol. The highest BCUT2D eigenvalue weighted by Crippen LogP contribution is 2.43. The summed E-state index contributed by atoms with van der Waals surface area (Å²) in [7, 11) is 0. The molecule has 0 fully saturated rings. The van der Waals surface area contributed by atoms with E-state index in [0.717, 1.165) is 94.0 Å². The van der Waals surface area contributed by atoms with Crippen LogP contribution in [-0.2, 0) is 0 Å². The molecule has 0 atom stereocenters. The summed E-state index contributed by atoms with van der Waals surface area (Å²) in [5, 5.41) is 6.33. The Balaban J connectivity index is 0.997. The van der Waals surface area contributed by atoms with Gasteiger partial charge in [0.15, 0.2) is 17.5 Å². The average Bonchev–Trinajstić information content (AvgIpc) is 4.04. The first-order chi connectivity index (χ1) is 31.2. The molecule has 294 valence electrons. The summed E-state index contributed by atoms with van der Waals surface area (Å²) in [4.78, 5) is 15.7. The number of rotatable bonds is 6. The van der Waals surface area contributed by atoms with E-state index in [4.69, 9.17) is 23.8 Å². The van der Waals surface area contributed by atoms with Gasteiger partial charge in [0.1, 0.15) is 22.3 Å². The second-order valence-corrected chi connectivity index (χ2v) is 15.9. The van der Waals surface area contributed by atoms with Crippen molar-refractivity contribution in [1.29, 1.82) is 0 Å². The molecule has 13 aromatic rings. The molecular formula is C57H34N4O2. The Morgan fingerprint density at radius 1 is 0.302 bits per heavy atom. The third kappa shape index (κ3) is 5.62. The van der Waals surface area contributed by atoms with Crippen LogP contribution in [0.3, 0.4) is 0 Å². The Labute approximate surface area is 361 Å². The number of hydrogen-bond acceptors (Lipinski definition) is 5. The van der Waals surface area contributed by atoms with Crippen molar-refractivity contribution < 1.29 is 8.83 Å². The van der Waals surface area contributed by atoms with Gasteiger partial charge in [-0.05, 0) is 76.9 Å². The van der Waals surface area contributed by atoms with Gasteiger partial charge >= 0.3 is 0 Å². The minimum atomic E-state index is 0.558. The molecule has 0 spiro atoms. The first kappa shape index (κ1) is 35.2. The van der Waals surface area contributed by atoms with Gasteiger partial charge in [0, 0.05) is 54.7 Å². The maximum absolute atomic E-state index is 6.74. The molecule has 0 amide bonds. The predicted octanol–water partition coefficient (Wildman–Crippen LogP) is 15.1. The normalized spacial score (nSPS) is 11.8. The quantitative estimate of drug-likeness (QED) is 0.167. The molecule has 0 radical (unpaired) electrons. The molecule has 4 aromatic heterocycles. The highest BCUT2D eigenvalue weighted by Gasteiger charge is 2.22. The molecule has 13 rings (SSSR count). The van der Waals surface area contributed by atoms with Crippen LogP contribution in [0.1, 0.15) is 0 Å². The lowest BCUT2D eigenvalue weighted by Gasteiger charge is -2.11. The van der Waals surface area contributed by atoms with Crippen molar-refractivity contribution in [3.05, 3.63) is 206 Å². The van der Waals surface area contributed by atoms with Crippen molar-refractivity contribution in [3.63, 3.8) is 0 Å². The number of aromatic nitrogens is 4. The van der Waals surface area contributed by atoms with Gasteiger partial charge in [-0.1, -0.05) is 152 Å². The highest BCUT2D eigenvalue weighted by molar-refractivity contribution is 6.18. The van der Waals surface area contributed by atoms with Gasteiger partial charge in [-0.25, -0.2) is 15.0 Å². The Kier molecular flexibility index (Phi) is 7.80. The molecule has 0 aliphatic heterocycles. The van der Waals surface area contributed by atoms with Crippen LogP contribution in [0.5, 0.6) is 0 Å². The van der Waals surface area contributed by atoms with E-state index in [1.807, 2.05) is 48.5 Å². The Morgan fingerprint density at radius 2 is 0.810 bits per heavy atom. The van der Waals surface area contributed by atoms with Gasteiger partial charge in [-0.3, -0.25) is 0 Å². The number of fused-ring (bicyclic) bond motifs is 9. The van der Waals surface area contributed by atoms with Crippen molar-refractivity contribution >= 4 is 65.7 Å². The number of hydrogen-bond donors (Lipinski definition) is 0. The van der Waals surface area contributed by atoms with Gasteiger partial charge in [0.2, 0.25) is 0 Å². The summed E-state index contributed by atoms with van der Waals surface area (Å²) < 4.78 is 15.4. The van der Waals surface area contributed by atoms with E-state index in [2.05, 4.69) is 162 Å². The first-order valence-corrected chi connectivity index (χ1v) is 21.1. The van der Waals surface area contributed by atoms with E-state index in [0.29, 0.717) is 17.5 Å². The molecule has 0 saturated carbocycles. The summed E-state index contributed by atoms with van der Waals surface area (Å²) in [6, 6.07) is 71.5. The lowest BCUT2D eigenvalue weighted by Crippen LogP contribution is -2.00. The SMILES string of the molecule is c1ccc(-c2ccc(-c3nc(-c4cccc5oc6ccccc6c45)nc(-c4cccc5oc6cc(-c7cccc8c7c7ccccc7n8-c7ccccc7)ccc6c45)n3)cc2)cc1. The summed E-state index contributed by atoms with van der Waals surface area (Å²) in [6.45, 7) is 0. The second kappa shape index (κ2) is 14.0. The smallest absolute Gasteiger partial charge is 0.164 e. The van der Waals surface area contributed by atoms with Gasteiger partial charge in [-0.2, -0.15) is 0 Å². The fraction of sp³-hybridized carbons (Fsp3) is 0. The van der Waals surface area contributed by atoms with E-state index in [1.54, 1.807) is 0 Å². The number of nitrogens with zero attached hydrogens (tertiary/aromatic N) is 4. The van der Waals surface area contributed by atoms with Crippen LogP contribution < -0.4 is 0 Å². The largest absolute Gasteiger partial charge is 0.456 e. The monoisotopic (exact) mass is 806 g/mol. The van der Waals surface area contributed by atoms with Crippen LogP contribution in [0.15, 0.2) is 215 Å². The van der Waals surface area contributed by atoms with E-state index in [9.17, 15) is 0 Å². The molecule has 9 aromatic carbocycles. The lowest BCUT2D eigenvalue weighted by atomic mass is 9.97. The Morgan fingerprint density at radius 3 is 1.56 bits per heavy atom. The molecule has 0 aliphatic rings. The molecular weight excluding hydrogens is 773 g/mol. The van der Waals surface area contributed by atoms with Crippen molar-refractivity contribution in [2.75, 3.05) is 0 Å². The van der Waals surface area contributed by atoms with Crippen molar-refractivity contribution in [2.45, 2.75) is 0 Å². The molecule has 63 heavy (non-hydrogen) atoms. The highest BCUT2D eigenvalue weighted by atomic mass is 16.3. The fourth-order valence-electron chi connectivity index (χ4n) is 9.44. The molecule has 0 aliphatic carbocycles. The summed E-state index contributed by atoms with van der Waals surface area (Å²) >= 11 is 0. The molecule has 0 saturated heterocycles. The maximum atomic E-state index is 6.74. The third-order valence-corrected chi connectivity index (χ3v) is 12.3. The minimum absolute atomic E-state index is 0.558. The maximum Gasteiger partial charge on any atom is 0.164 e. The molecule has 0 unspecified atom stereocenters. The molecule has 4 heterocycles. The van der Waals surface area contributed by atoms with Crippen LogP contribution in [0, 0.1) is 0 Å². The average molecular weight is 807 g/mol. The van der Waals surface area contributed by atoms with Crippen LogP contribution >= 0.6 is 0 Å². The lowest BCUT2D eigenvalue weighted by molar-refractivity contribution is 0.668. The molecule has 6 nitrogen and oxygen atoms in total. The Bertz CT molecular complexity index is 3900. The van der Waals surface area contributed by atoms with Crippen LogP contribution in [0.4, 0.5) is 0 Å². The Hall–Kier alpha value is -8.61. The second-order valence-electron chi connectivity index (χ2n) is 15.9. The first-order valence-electron chi connectivity index (χ1n) is 21.1. The summed E-state index contributed by atoms with van der Waals surface area (Å²) in [6.07, 6.45) is 0. The number of benzene rings is 9. The molecule has 0 N–H and O–H groups in total. The van der Waals surface area contributed by atoms with Gasteiger partial charge in [0.05, 0.1) is 11.0 Å². The summed E-state index contributed by atoms with van der Waals surface area (Å²) in [5.41, 5.74) is 13.7. The van der Waals surface area contributed by atoms with Gasteiger partial charge < -0.3 is 13.4 Å². The van der Waals surface area contributed by atoms with Crippen molar-refractivity contribution in [1.82, 2.24) is 19.5 Å². The standard InChI is InChI=1S/C57H34N4O2/c1-3-14-35(15-4-1)36-28-30-37(31-29-36)55-58-56(44-21-12-26-49-53(44)42-19-8-10-25-48(42)62-49)60-57(59-55)45-22-13-27-50-54(45)43-33-32-38(34-51(43)63-50)40-20-11-24-47-52(40)41-18-7-9-23-46(41)61(47)39-16-5-2-6-17-39/h1-34H. The van der Waals surface area contributed by atoms with Crippen molar-refractivity contribution in [3.8, 4) is 62.1 Å². The molecule has 6 heteroatoms. The van der Waals surface area contributed by atoms with E-state index in [-0.39, 0.29) is 0 Å². The number of furan rings is 2. The summed E-state index contributed by atoms with van der Waals surface area (Å²) in [5.74, 6) is 1.70. The third-order valence-electron chi connectivity index (χ3n) is 12.3. The fourth-order valence-corrected chi connectivity index (χ4v) is 9.44. The van der Waals surface area contributed by atoms with Gasteiger partial charge in [0.25, 0.3) is 0 Å². The zero-order valence-corrected chi connectivity index (χ0v) is 33.7. The number of para-hydroxylation sites is 3. The van der Waals surface area contributed by atoms with E-state index >= 15 is 0 Å². The topological polar surface area (TPSA) is 69.9 Å².